The van der Waals surface area contributed by atoms with Gasteiger partial charge < -0.3 is 10.6 Å². The van der Waals surface area contributed by atoms with Gasteiger partial charge in [-0.3, -0.25) is 4.79 Å². The van der Waals surface area contributed by atoms with Crippen molar-refractivity contribution in [1.29, 1.82) is 0 Å². The van der Waals surface area contributed by atoms with Crippen LogP contribution in [0.3, 0.4) is 0 Å². The Morgan fingerprint density at radius 3 is 3.20 bits per heavy atom. The standard InChI is InChI=1S/C12H14N2O/c1-2-12(15)14-11-5-3-4-9-6-7-13-8-10(9)11/h2-5,13H,1,6-8H2,(H,14,15). The van der Waals surface area contributed by atoms with Crippen LogP contribution < -0.4 is 10.6 Å². The maximum Gasteiger partial charge on any atom is 0.247 e. The Labute approximate surface area is 89.2 Å². The van der Waals surface area contributed by atoms with E-state index in [-0.39, 0.29) is 5.91 Å². The Morgan fingerprint density at radius 2 is 2.40 bits per heavy atom. The fraction of sp³-hybridized carbons (Fsp3) is 0.250. The molecule has 1 amide bonds. The van der Waals surface area contributed by atoms with Gasteiger partial charge in [-0.05, 0) is 36.2 Å². The molecule has 0 bridgehead atoms. The van der Waals surface area contributed by atoms with Crippen molar-refractivity contribution >= 4 is 11.6 Å². The summed E-state index contributed by atoms with van der Waals surface area (Å²) in [4.78, 5) is 11.2. The van der Waals surface area contributed by atoms with Gasteiger partial charge in [0, 0.05) is 12.2 Å². The van der Waals surface area contributed by atoms with Crippen LogP contribution in [0.4, 0.5) is 5.69 Å². The highest BCUT2D eigenvalue weighted by atomic mass is 16.1. The monoisotopic (exact) mass is 202 g/mol. The topological polar surface area (TPSA) is 41.1 Å². The number of hydrogen-bond donors (Lipinski definition) is 2. The molecule has 0 spiro atoms. The van der Waals surface area contributed by atoms with Gasteiger partial charge in [-0.1, -0.05) is 18.7 Å². The second-order valence-electron chi connectivity index (χ2n) is 3.56. The smallest absolute Gasteiger partial charge is 0.247 e. The zero-order valence-electron chi connectivity index (χ0n) is 8.55. The maximum absolute atomic E-state index is 11.2. The summed E-state index contributed by atoms with van der Waals surface area (Å²) in [5.41, 5.74) is 3.40. The first-order valence-electron chi connectivity index (χ1n) is 5.06. The van der Waals surface area contributed by atoms with Gasteiger partial charge in [0.1, 0.15) is 0 Å². The molecule has 78 valence electrons. The molecule has 0 aromatic heterocycles. The molecule has 0 atom stereocenters. The summed E-state index contributed by atoms with van der Waals surface area (Å²) in [6, 6.07) is 6.01. The van der Waals surface area contributed by atoms with Crippen LogP contribution in [0.1, 0.15) is 11.1 Å². The van der Waals surface area contributed by atoms with Crippen molar-refractivity contribution in [3.8, 4) is 0 Å². The summed E-state index contributed by atoms with van der Waals surface area (Å²) in [5, 5.41) is 6.12. The molecule has 1 aromatic rings. The second-order valence-corrected chi connectivity index (χ2v) is 3.56. The summed E-state index contributed by atoms with van der Waals surface area (Å²) >= 11 is 0. The van der Waals surface area contributed by atoms with Crippen LogP contribution in [0.2, 0.25) is 0 Å². The number of carbonyl (C=O) groups excluding carboxylic acids is 1. The number of rotatable bonds is 2. The highest BCUT2D eigenvalue weighted by Gasteiger charge is 2.12. The van der Waals surface area contributed by atoms with Crippen molar-refractivity contribution in [2.45, 2.75) is 13.0 Å². The lowest BCUT2D eigenvalue weighted by Crippen LogP contribution is -2.25. The van der Waals surface area contributed by atoms with Crippen molar-refractivity contribution in [2.24, 2.45) is 0 Å². The average molecular weight is 202 g/mol. The van der Waals surface area contributed by atoms with Gasteiger partial charge in [0.05, 0.1) is 0 Å². The molecule has 1 heterocycles. The highest BCUT2D eigenvalue weighted by molar-refractivity contribution is 5.99. The lowest BCUT2D eigenvalue weighted by molar-refractivity contribution is -0.111. The first kappa shape index (κ1) is 9.93. The molecular formula is C12H14N2O. The largest absolute Gasteiger partial charge is 0.322 e. The third kappa shape index (κ3) is 2.07. The van der Waals surface area contributed by atoms with E-state index < -0.39 is 0 Å². The van der Waals surface area contributed by atoms with Crippen LogP contribution >= 0.6 is 0 Å². The number of carbonyl (C=O) groups is 1. The molecule has 0 fully saturated rings. The molecule has 0 saturated carbocycles. The van der Waals surface area contributed by atoms with E-state index in [4.69, 9.17) is 0 Å². The minimum Gasteiger partial charge on any atom is -0.322 e. The molecule has 15 heavy (non-hydrogen) atoms. The number of anilines is 1. The van der Waals surface area contributed by atoms with Crippen molar-refractivity contribution in [1.82, 2.24) is 5.32 Å². The molecule has 0 radical (unpaired) electrons. The summed E-state index contributed by atoms with van der Waals surface area (Å²) in [6.45, 7) is 5.27. The van der Waals surface area contributed by atoms with E-state index in [1.807, 2.05) is 12.1 Å². The molecule has 0 aliphatic carbocycles. The van der Waals surface area contributed by atoms with Crippen molar-refractivity contribution < 1.29 is 4.79 Å². The highest BCUT2D eigenvalue weighted by Crippen LogP contribution is 2.22. The third-order valence-corrected chi connectivity index (χ3v) is 2.59. The van der Waals surface area contributed by atoms with E-state index in [2.05, 4.69) is 23.3 Å². The fourth-order valence-corrected chi connectivity index (χ4v) is 1.81. The van der Waals surface area contributed by atoms with E-state index in [1.54, 1.807) is 0 Å². The third-order valence-electron chi connectivity index (χ3n) is 2.59. The van der Waals surface area contributed by atoms with Crippen LogP contribution in [-0.4, -0.2) is 12.5 Å². The Kier molecular flexibility index (Phi) is 2.83. The lowest BCUT2D eigenvalue weighted by Gasteiger charge is -2.20. The molecule has 0 saturated heterocycles. The van der Waals surface area contributed by atoms with E-state index in [9.17, 15) is 4.79 Å². The second kappa shape index (κ2) is 4.28. The molecular weight excluding hydrogens is 188 g/mol. The van der Waals surface area contributed by atoms with Crippen LogP contribution in [0, 0.1) is 0 Å². The quantitative estimate of drug-likeness (QED) is 0.713. The molecule has 1 aromatic carbocycles. The maximum atomic E-state index is 11.2. The normalized spacial score (nSPS) is 14.1. The number of amides is 1. The minimum absolute atomic E-state index is 0.158. The number of nitrogens with one attached hydrogen (secondary N) is 2. The molecule has 0 unspecified atom stereocenters. The zero-order valence-corrected chi connectivity index (χ0v) is 8.55. The van der Waals surface area contributed by atoms with E-state index in [0.717, 1.165) is 25.2 Å². The van der Waals surface area contributed by atoms with Gasteiger partial charge in [-0.25, -0.2) is 0 Å². The summed E-state index contributed by atoms with van der Waals surface area (Å²) in [6.07, 6.45) is 2.31. The molecule has 2 N–H and O–H groups in total. The van der Waals surface area contributed by atoms with Gasteiger partial charge in [0.2, 0.25) is 5.91 Å². The van der Waals surface area contributed by atoms with Crippen LogP contribution in [0.25, 0.3) is 0 Å². The molecule has 1 aliphatic heterocycles. The first-order chi connectivity index (χ1) is 7.31. The summed E-state index contributed by atoms with van der Waals surface area (Å²) in [7, 11) is 0. The Morgan fingerprint density at radius 1 is 1.53 bits per heavy atom. The molecule has 3 heteroatoms. The molecule has 3 nitrogen and oxygen atoms in total. The Balaban J connectivity index is 2.30. The lowest BCUT2D eigenvalue weighted by atomic mass is 9.99. The fourth-order valence-electron chi connectivity index (χ4n) is 1.81. The number of fused-ring (bicyclic) bond motifs is 1. The predicted octanol–water partition coefficient (Wildman–Crippen LogP) is 1.46. The van der Waals surface area contributed by atoms with Gasteiger partial charge in [-0.2, -0.15) is 0 Å². The Hall–Kier alpha value is -1.61. The Bertz CT molecular complexity index is 399. The van der Waals surface area contributed by atoms with Crippen LogP contribution in [-0.2, 0) is 17.8 Å². The number of hydrogen-bond acceptors (Lipinski definition) is 2. The van der Waals surface area contributed by atoms with Crippen LogP contribution in [0.5, 0.6) is 0 Å². The van der Waals surface area contributed by atoms with Gasteiger partial charge in [-0.15, -0.1) is 0 Å². The van der Waals surface area contributed by atoms with Gasteiger partial charge in [0.15, 0.2) is 0 Å². The molecule has 1 aliphatic rings. The molecule has 2 rings (SSSR count). The summed E-state index contributed by atoms with van der Waals surface area (Å²) in [5.74, 6) is -0.158. The van der Waals surface area contributed by atoms with Crippen molar-refractivity contribution in [2.75, 3.05) is 11.9 Å². The minimum atomic E-state index is -0.158. The SMILES string of the molecule is C=CC(=O)Nc1cccc2c1CNCC2. The van der Waals surface area contributed by atoms with Gasteiger partial charge in [0.25, 0.3) is 0 Å². The zero-order chi connectivity index (χ0) is 10.7. The summed E-state index contributed by atoms with van der Waals surface area (Å²) < 4.78 is 0. The predicted molar refractivity (Wildman–Crippen MR) is 60.7 cm³/mol. The van der Waals surface area contributed by atoms with E-state index in [1.165, 1.54) is 17.2 Å². The van der Waals surface area contributed by atoms with E-state index in [0.29, 0.717) is 0 Å². The number of benzene rings is 1. The first-order valence-corrected chi connectivity index (χ1v) is 5.06. The van der Waals surface area contributed by atoms with Crippen molar-refractivity contribution in [3.05, 3.63) is 42.0 Å². The van der Waals surface area contributed by atoms with Crippen LogP contribution in [0.15, 0.2) is 30.9 Å². The van der Waals surface area contributed by atoms with Gasteiger partial charge >= 0.3 is 0 Å². The average Bonchev–Trinajstić information content (AvgIpc) is 2.29. The van der Waals surface area contributed by atoms with E-state index >= 15 is 0 Å². The van der Waals surface area contributed by atoms with Crippen molar-refractivity contribution in [3.63, 3.8) is 0 Å².